The van der Waals surface area contributed by atoms with Gasteiger partial charge in [-0.3, -0.25) is 4.79 Å². The third kappa shape index (κ3) is 2.31. The highest BCUT2D eigenvalue weighted by atomic mass is 16.1. The van der Waals surface area contributed by atoms with Gasteiger partial charge in [-0.1, -0.05) is 19.8 Å². The van der Waals surface area contributed by atoms with Crippen LogP contribution in [0.2, 0.25) is 0 Å². The molecule has 3 N–H and O–H groups in total. The summed E-state index contributed by atoms with van der Waals surface area (Å²) in [5.41, 5.74) is 11.3. The molecule has 1 aromatic carbocycles. The predicted octanol–water partition coefficient (Wildman–Crippen LogP) is 3.65. The minimum atomic E-state index is -0.258. The molecule has 0 radical (unpaired) electrons. The number of nitrogens with two attached hydrogens (primary N) is 1. The molecule has 3 unspecified atom stereocenters. The zero-order valence-electron chi connectivity index (χ0n) is 15.3. The van der Waals surface area contributed by atoms with Gasteiger partial charge in [0.1, 0.15) is 0 Å². The number of hydrogen-bond donors (Lipinski definition) is 2. The Bertz CT molecular complexity index is 719. The van der Waals surface area contributed by atoms with Gasteiger partial charge < -0.3 is 11.1 Å². The van der Waals surface area contributed by atoms with E-state index in [1.165, 1.54) is 56.1 Å². The molecule has 2 bridgehead atoms. The van der Waals surface area contributed by atoms with Gasteiger partial charge in [0.2, 0.25) is 5.91 Å². The van der Waals surface area contributed by atoms with Gasteiger partial charge in [0.25, 0.3) is 0 Å². The number of piperidine rings is 1. The van der Waals surface area contributed by atoms with Gasteiger partial charge in [-0.25, -0.2) is 0 Å². The van der Waals surface area contributed by atoms with Crippen molar-refractivity contribution in [1.29, 1.82) is 0 Å². The lowest BCUT2D eigenvalue weighted by atomic mass is 9.52. The van der Waals surface area contributed by atoms with E-state index in [1.807, 2.05) is 0 Å². The van der Waals surface area contributed by atoms with Gasteiger partial charge in [0.05, 0.1) is 0 Å². The van der Waals surface area contributed by atoms with E-state index in [1.54, 1.807) is 5.56 Å². The monoisotopic (exact) mass is 338 g/mol. The summed E-state index contributed by atoms with van der Waals surface area (Å²) in [4.78, 5) is 12.1. The first-order valence-corrected chi connectivity index (χ1v) is 10.3. The Morgan fingerprint density at radius 1 is 1.24 bits per heavy atom. The van der Waals surface area contributed by atoms with Gasteiger partial charge in [0, 0.05) is 17.0 Å². The second kappa shape index (κ2) is 5.57. The van der Waals surface area contributed by atoms with Crippen LogP contribution >= 0.6 is 0 Å². The smallest absolute Gasteiger partial charge is 0.248 e. The fraction of sp³-hybridized carbons (Fsp3) is 0.682. The van der Waals surface area contributed by atoms with Crippen LogP contribution in [0.5, 0.6) is 0 Å². The molecule has 0 spiro atoms. The van der Waals surface area contributed by atoms with Crippen molar-refractivity contribution in [2.24, 2.45) is 17.6 Å². The maximum Gasteiger partial charge on any atom is 0.248 e. The minimum Gasteiger partial charge on any atom is -0.366 e. The molecule has 4 atom stereocenters. The van der Waals surface area contributed by atoms with Crippen LogP contribution in [0.3, 0.4) is 0 Å². The lowest BCUT2D eigenvalue weighted by Gasteiger charge is -2.56. The van der Waals surface area contributed by atoms with Crippen LogP contribution < -0.4 is 11.1 Å². The van der Waals surface area contributed by atoms with Crippen LogP contribution in [0.15, 0.2) is 12.1 Å². The Labute approximate surface area is 150 Å². The molecule has 1 heterocycles. The number of hydrogen-bond acceptors (Lipinski definition) is 2. The fourth-order valence-corrected chi connectivity index (χ4v) is 6.45. The van der Waals surface area contributed by atoms with Crippen LogP contribution in [-0.2, 0) is 11.8 Å². The number of carbonyl (C=O) groups is 1. The summed E-state index contributed by atoms with van der Waals surface area (Å²) in [5.74, 6) is 1.86. The van der Waals surface area contributed by atoms with Crippen molar-refractivity contribution < 1.29 is 4.79 Å². The van der Waals surface area contributed by atoms with Crippen molar-refractivity contribution in [1.82, 2.24) is 5.32 Å². The van der Waals surface area contributed by atoms with Gasteiger partial charge in [0.15, 0.2) is 0 Å². The molecule has 1 amide bonds. The first kappa shape index (κ1) is 15.9. The third-order valence-electron chi connectivity index (χ3n) is 7.91. The number of carbonyl (C=O) groups excluding carboxylic acids is 1. The summed E-state index contributed by atoms with van der Waals surface area (Å²) in [6, 6.07) is 4.96. The minimum absolute atomic E-state index is 0.258. The molecule has 0 aromatic heterocycles. The summed E-state index contributed by atoms with van der Waals surface area (Å²) in [6.07, 6.45) is 10.4. The Morgan fingerprint density at radius 2 is 2.08 bits per heavy atom. The molecule has 3 nitrogen and oxygen atoms in total. The zero-order valence-corrected chi connectivity index (χ0v) is 15.3. The Balaban J connectivity index is 1.72. The highest BCUT2D eigenvalue weighted by molar-refractivity contribution is 5.93. The zero-order chi connectivity index (χ0) is 17.2. The second-order valence-electron chi connectivity index (χ2n) is 9.11. The summed E-state index contributed by atoms with van der Waals surface area (Å²) in [5, 5.41) is 3.84. The molecule has 1 aliphatic heterocycles. The van der Waals surface area contributed by atoms with Gasteiger partial charge in [-0.2, -0.15) is 0 Å². The number of fused-ring (bicyclic) bond motifs is 1. The van der Waals surface area contributed by atoms with Crippen LogP contribution in [-0.4, -0.2) is 18.5 Å². The maximum atomic E-state index is 12.1. The van der Waals surface area contributed by atoms with Gasteiger partial charge in [-0.05, 0) is 91.6 Å². The Hall–Kier alpha value is -1.35. The quantitative estimate of drug-likeness (QED) is 0.884. The Kier molecular flexibility index (Phi) is 3.54. The van der Waals surface area contributed by atoms with Crippen molar-refractivity contribution in [2.45, 2.75) is 75.7 Å². The fourth-order valence-electron chi connectivity index (χ4n) is 6.45. The van der Waals surface area contributed by atoms with Gasteiger partial charge >= 0.3 is 0 Å². The van der Waals surface area contributed by atoms with E-state index in [0.29, 0.717) is 17.4 Å². The highest BCUT2D eigenvalue weighted by Gasteiger charge is 2.52. The molecule has 3 fully saturated rings. The molecular formula is C22H30N2O. The Morgan fingerprint density at radius 3 is 2.84 bits per heavy atom. The lowest BCUT2D eigenvalue weighted by molar-refractivity contribution is 0.0791. The van der Waals surface area contributed by atoms with Crippen molar-refractivity contribution in [3.8, 4) is 0 Å². The molecule has 3 heteroatoms. The molecule has 4 aliphatic rings. The normalized spacial score (nSPS) is 34.8. The molecular weight excluding hydrogens is 308 g/mol. The molecule has 5 rings (SSSR count). The average molecular weight is 338 g/mol. The van der Waals surface area contributed by atoms with E-state index < -0.39 is 0 Å². The molecule has 3 aliphatic carbocycles. The molecule has 1 aromatic rings. The predicted molar refractivity (Wildman–Crippen MR) is 99.8 cm³/mol. The molecule has 1 saturated heterocycles. The van der Waals surface area contributed by atoms with Crippen molar-refractivity contribution in [3.63, 3.8) is 0 Å². The molecule has 2 saturated carbocycles. The topological polar surface area (TPSA) is 55.1 Å². The number of nitrogens with one attached hydrogen (secondary N) is 1. The van der Waals surface area contributed by atoms with E-state index in [4.69, 9.17) is 5.73 Å². The van der Waals surface area contributed by atoms with Crippen LogP contribution in [0.1, 0.15) is 84.8 Å². The number of rotatable bonds is 3. The van der Waals surface area contributed by atoms with Gasteiger partial charge in [-0.15, -0.1) is 0 Å². The van der Waals surface area contributed by atoms with Crippen LogP contribution in [0.25, 0.3) is 0 Å². The van der Waals surface area contributed by atoms with Crippen molar-refractivity contribution >= 4 is 5.91 Å². The maximum absolute atomic E-state index is 12.1. The largest absolute Gasteiger partial charge is 0.366 e. The number of primary amides is 1. The van der Waals surface area contributed by atoms with E-state index in [0.717, 1.165) is 30.4 Å². The lowest BCUT2D eigenvalue weighted by Crippen LogP contribution is -2.59. The van der Waals surface area contributed by atoms with E-state index in [9.17, 15) is 4.79 Å². The third-order valence-corrected chi connectivity index (χ3v) is 7.91. The standard InChI is InChI=1S/C22H30N2O/c1-13(14-5-6-14)16-10-15(21(23)25)11-19-17(16)12-20-18-4-2-3-7-22(18,19)8-9-24-20/h10-11,13-14,18,20,24H,2-9,12H2,1H3,(H2,23,25)/t13-,18?,20?,22?/m1/s1. The van der Waals surface area contributed by atoms with E-state index in [2.05, 4.69) is 24.4 Å². The van der Waals surface area contributed by atoms with Crippen molar-refractivity contribution in [3.05, 3.63) is 34.4 Å². The summed E-state index contributed by atoms with van der Waals surface area (Å²) in [6.45, 7) is 3.49. The first-order chi connectivity index (χ1) is 12.1. The number of amides is 1. The molecule has 134 valence electrons. The van der Waals surface area contributed by atoms with Crippen molar-refractivity contribution in [2.75, 3.05) is 6.54 Å². The second-order valence-corrected chi connectivity index (χ2v) is 9.11. The molecule has 25 heavy (non-hydrogen) atoms. The average Bonchev–Trinajstić information content (AvgIpc) is 3.45. The van der Waals surface area contributed by atoms with Crippen LogP contribution in [0, 0.1) is 11.8 Å². The summed E-state index contributed by atoms with van der Waals surface area (Å²) < 4.78 is 0. The van der Waals surface area contributed by atoms with Crippen LogP contribution in [0.4, 0.5) is 0 Å². The first-order valence-electron chi connectivity index (χ1n) is 10.3. The summed E-state index contributed by atoms with van der Waals surface area (Å²) >= 11 is 0. The van der Waals surface area contributed by atoms with E-state index >= 15 is 0 Å². The highest BCUT2D eigenvalue weighted by Crippen LogP contribution is 2.56. The summed E-state index contributed by atoms with van der Waals surface area (Å²) in [7, 11) is 0. The van der Waals surface area contributed by atoms with E-state index in [-0.39, 0.29) is 5.91 Å². The SMILES string of the molecule is C[C@@H](c1cc(C(N)=O)cc2c1CC1NCCC23CCCCC13)C1CC1. The number of benzene rings is 1.